The van der Waals surface area contributed by atoms with Gasteiger partial charge in [0.25, 0.3) is 5.56 Å². The number of halogens is 3. The molecule has 0 N–H and O–H groups in total. The van der Waals surface area contributed by atoms with E-state index in [1.54, 1.807) is 60.4 Å². The van der Waals surface area contributed by atoms with Crippen LogP contribution in [0.2, 0.25) is 0 Å². The van der Waals surface area contributed by atoms with Crippen molar-refractivity contribution < 1.29 is 18.0 Å². The molecule has 9 heteroatoms. The summed E-state index contributed by atoms with van der Waals surface area (Å²) in [7, 11) is 0. The summed E-state index contributed by atoms with van der Waals surface area (Å²) in [6, 6.07) is 19.4. The zero-order chi connectivity index (χ0) is 27.4. The van der Waals surface area contributed by atoms with Crippen LogP contribution < -0.4 is 5.56 Å². The maximum absolute atomic E-state index is 13.6. The van der Waals surface area contributed by atoms with Gasteiger partial charge in [0.05, 0.1) is 46.2 Å². The molecule has 0 bridgehead atoms. The number of nitriles is 1. The Balaban J connectivity index is 1.76. The molecule has 194 valence electrons. The summed E-state index contributed by atoms with van der Waals surface area (Å²) in [5.74, 6) is 0.0421. The second kappa shape index (κ2) is 10.9. The van der Waals surface area contributed by atoms with E-state index < -0.39 is 17.8 Å². The molecule has 0 saturated carbocycles. The highest BCUT2D eigenvalue weighted by Crippen LogP contribution is 2.29. The molecule has 1 unspecified atom stereocenters. The van der Waals surface area contributed by atoms with Crippen LogP contribution in [0.4, 0.5) is 13.2 Å². The van der Waals surface area contributed by atoms with E-state index in [2.05, 4.69) is 6.07 Å². The molecular formula is C29H25F3N4O2. The second-order valence-corrected chi connectivity index (χ2v) is 8.92. The van der Waals surface area contributed by atoms with Gasteiger partial charge in [-0.05, 0) is 67.4 Å². The van der Waals surface area contributed by atoms with Crippen LogP contribution in [0.5, 0.6) is 0 Å². The number of hydrogen-bond acceptors (Lipinski definition) is 4. The summed E-state index contributed by atoms with van der Waals surface area (Å²) in [4.78, 5) is 33.4. The molecule has 0 aliphatic heterocycles. The first-order valence-corrected chi connectivity index (χ1v) is 12.1. The number of benzene rings is 3. The van der Waals surface area contributed by atoms with Crippen molar-refractivity contribution in [2.24, 2.45) is 0 Å². The Kier molecular flexibility index (Phi) is 7.62. The molecule has 0 radical (unpaired) electrons. The zero-order valence-electron chi connectivity index (χ0n) is 20.9. The predicted octanol–water partition coefficient (Wildman–Crippen LogP) is 5.82. The largest absolute Gasteiger partial charge is 0.416 e. The number of hydrogen-bond donors (Lipinski definition) is 0. The molecule has 1 amide bonds. The van der Waals surface area contributed by atoms with Crippen molar-refractivity contribution in [1.29, 1.82) is 5.26 Å². The van der Waals surface area contributed by atoms with Gasteiger partial charge >= 0.3 is 6.18 Å². The Labute approximate surface area is 217 Å². The second-order valence-electron chi connectivity index (χ2n) is 8.92. The van der Waals surface area contributed by atoms with Gasteiger partial charge in [-0.25, -0.2) is 4.98 Å². The lowest BCUT2D eigenvalue weighted by molar-refractivity contribution is -0.137. The van der Waals surface area contributed by atoms with Crippen molar-refractivity contribution in [3.8, 4) is 11.8 Å². The first kappa shape index (κ1) is 26.6. The molecule has 4 aromatic rings. The standard InChI is InChI=1S/C29H25F3N4O2/c1-3-16-35(26(37)17-20-8-12-22(13-9-20)29(30,31)32)19(2)27-34-25-7-5-4-6-24(25)28(38)36(27)23-14-10-21(18-33)11-15-23/h4-15,19H,3,16-17H2,1-2H3. The quantitative estimate of drug-likeness (QED) is 0.309. The lowest BCUT2D eigenvalue weighted by atomic mass is 10.1. The number of para-hydroxylation sites is 1. The third kappa shape index (κ3) is 5.44. The molecule has 0 spiro atoms. The minimum atomic E-state index is -4.46. The summed E-state index contributed by atoms with van der Waals surface area (Å²) >= 11 is 0. The van der Waals surface area contributed by atoms with E-state index in [0.29, 0.717) is 46.5 Å². The highest BCUT2D eigenvalue weighted by Gasteiger charge is 2.30. The number of fused-ring (bicyclic) bond motifs is 1. The predicted molar refractivity (Wildman–Crippen MR) is 138 cm³/mol. The Morgan fingerprint density at radius 2 is 1.71 bits per heavy atom. The Morgan fingerprint density at radius 3 is 2.32 bits per heavy atom. The molecule has 0 fully saturated rings. The molecule has 1 atom stereocenters. The van der Waals surface area contributed by atoms with Gasteiger partial charge in [-0.15, -0.1) is 0 Å². The van der Waals surface area contributed by atoms with E-state index in [4.69, 9.17) is 4.98 Å². The molecule has 3 aromatic carbocycles. The molecule has 1 aromatic heterocycles. The van der Waals surface area contributed by atoms with Gasteiger partial charge in [-0.3, -0.25) is 14.2 Å². The number of rotatable bonds is 7. The van der Waals surface area contributed by atoms with Gasteiger partial charge in [0, 0.05) is 6.54 Å². The highest BCUT2D eigenvalue weighted by atomic mass is 19.4. The fraction of sp³-hybridized carbons (Fsp3) is 0.241. The minimum absolute atomic E-state index is 0.100. The smallest absolute Gasteiger partial charge is 0.332 e. The van der Waals surface area contributed by atoms with Gasteiger partial charge in [0.1, 0.15) is 5.82 Å². The van der Waals surface area contributed by atoms with Crippen molar-refractivity contribution in [3.63, 3.8) is 0 Å². The van der Waals surface area contributed by atoms with Crippen molar-refractivity contribution in [1.82, 2.24) is 14.5 Å². The third-order valence-electron chi connectivity index (χ3n) is 6.32. The van der Waals surface area contributed by atoms with E-state index in [1.165, 1.54) is 16.7 Å². The van der Waals surface area contributed by atoms with E-state index in [9.17, 15) is 28.0 Å². The number of alkyl halides is 3. The Morgan fingerprint density at radius 1 is 1.05 bits per heavy atom. The first-order chi connectivity index (χ1) is 18.1. The average Bonchev–Trinajstić information content (AvgIpc) is 2.91. The molecule has 0 aliphatic carbocycles. The van der Waals surface area contributed by atoms with Crippen molar-refractivity contribution in [2.45, 2.75) is 38.9 Å². The van der Waals surface area contributed by atoms with Crippen LogP contribution in [0.15, 0.2) is 77.6 Å². The van der Waals surface area contributed by atoms with Crippen LogP contribution in [0.25, 0.3) is 16.6 Å². The summed E-state index contributed by atoms with van der Waals surface area (Å²) in [6.45, 7) is 4.04. The number of amides is 1. The van der Waals surface area contributed by atoms with Crippen molar-refractivity contribution in [3.05, 3.63) is 106 Å². The molecule has 6 nitrogen and oxygen atoms in total. The van der Waals surface area contributed by atoms with E-state index in [1.807, 2.05) is 6.92 Å². The van der Waals surface area contributed by atoms with Crippen molar-refractivity contribution >= 4 is 16.8 Å². The van der Waals surface area contributed by atoms with Crippen LogP contribution in [-0.4, -0.2) is 26.9 Å². The van der Waals surface area contributed by atoms with E-state index in [0.717, 1.165) is 12.1 Å². The number of nitrogens with zero attached hydrogens (tertiary/aromatic N) is 4. The zero-order valence-corrected chi connectivity index (χ0v) is 20.9. The number of aromatic nitrogens is 2. The van der Waals surface area contributed by atoms with Crippen LogP contribution >= 0.6 is 0 Å². The topological polar surface area (TPSA) is 79.0 Å². The summed E-state index contributed by atoms with van der Waals surface area (Å²) in [5, 5.41) is 9.58. The fourth-order valence-electron chi connectivity index (χ4n) is 4.37. The molecule has 0 saturated heterocycles. The van der Waals surface area contributed by atoms with Crippen LogP contribution in [0.1, 0.15) is 48.8 Å². The molecular weight excluding hydrogens is 493 g/mol. The van der Waals surface area contributed by atoms with Gasteiger partial charge in [0.2, 0.25) is 5.91 Å². The first-order valence-electron chi connectivity index (χ1n) is 12.1. The summed E-state index contributed by atoms with van der Waals surface area (Å²) in [6.07, 6.45) is -3.93. The van der Waals surface area contributed by atoms with Crippen LogP contribution in [0.3, 0.4) is 0 Å². The van der Waals surface area contributed by atoms with Gasteiger partial charge in [-0.2, -0.15) is 18.4 Å². The molecule has 1 heterocycles. The SMILES string of the molecule is CCCN(C(=O)Cc1ccc(C(F)(F)F)cc1)C(C)c1nc2ccccc2c(=O)n1-c1ccc(C#N)cc1. The third-order valence-corrected chi connectivity index (χ3v) is 6.32. The molecule has 4 rings (SSSR count). The van der Waals surface area contributed by atoms with Gasteiger partial charge < -0.3 is 4.90 Å². The maximum Gasteiger partial charge on any atom is 0.416 e. The highest BCUT2D eigenvalue weighted by molar-refractivity contribution is 5.80. The average molecular weight is 519 g/mol. The van der Waals surface area contributed by atoms with Crippen molar-refractivity contribution in [2.75, 3.05) is 6.54 Å². The summed E-state index contributed by atoms with van der Waals surface area (Å²) in [5.41, 5.74) is 0.779. The van der Waals surface area contributed by atoms with Gasteiger partial charge in [-0.1, -0.05) is 31.2 Å². The fourth-order valence-corrected chi connectivity index (χ4v) is 4.37. The maximum atomic E-state index is 13.6. The Bertz CT molecular complexity index is 1550. The summed E-state index contributed by atoms with van der Waals surface area (Å²) < 4.78 is 40.3. The lowest BCUT2D eigenvalue weighted by Crippen LogP contribution is -2.38. The normalized spacial score (nSPS) is 12.2. The molecule has 38 heavy (non-hydrogen) atoms. The number of carbonyl (C=O) groups excluding carboxylic acids is 1. The van der Waals surface area contributed by atoms with E-state index >= 15 is 0 Å². The lowest BCUT2D eigenvalue weighted by Gasteiger charge is -2.30. The van der Waals surface area contributed by atoms with Crippen LogP contribution in [0, 0.1) is 11.3 Å². The van der Waals surface area contributed by atoms with Crippen LogP contribution in [-0.2, 0) is 17.4 Å². The van der Waals surface area contributed by atoms with Gasteiger partial charge in [0.15, 0.2) is 0 Å². The monoisotopic (exact) mass is 518 g/mol. The number of carbonyl (C=O) groups is 1. The van der Waals surface area contributed by atoms with E-state index in [-0.39, 0.29) is 17.9 Å². The minimum Gasteiger partial charge on any atom is -0.332 e. The molecule has 0 aliphatic rings. The Hall–Kier alpha value is -4.45.